The molecular formula is C16H26N2O2. The molecule has 0 aromatic heterocycles. The van der Waals surface area contributed by atoms with Crippen molar-refractivity contribution in [3.63, 3.8) is 0 Å². The molecule has 1 saturated heterocycles. The number of anilines is 1. The van der Waals surface area contributed by atoms with E-state index in [0.29, 0.717) is 17.5 Å². The lowest BCUT2D eigenvalue weighted by molar-refractivity contribution is 0.125. The number of rotatable bonds is 5. The number of nitrogen functional groups attached to an aromatic ring is 1. The molecule has 1 aliphatic rings. The van der Waals surface area contributed by atoms with Crippen LogP contribution in [0.15, 0.2) is 18.2 Å². The minimum absolute atomic E-state index is 0.108. The van der Waals surface area contributed by atoms with Gasteiger partial charge in [0.25, 0.3) is 0 Å². The van der Waals surface area contributed by atoms with Crippen molar-refractivity contribution in [2.45, 2.75) is 45.3 Å². The first-order valence-electron chi connectivity index (χ1n) is 7.45. The minimum atomic E-state index is 0.108. The van der Waals surface area contributed by atoms with Crippen molar-refractivity contribution in [1.82, 2.24) is 4.90 Å². The van der Waals surface area contributed by atoms with Crippen molar-refractivity contribution in [2.75, 3.05) is 25.9 Å². The van der Waals surface area contributed by atoms with Crippen LogP contribution in [0.25, 0.3) is 0 Å². The highest BCUT2D eigenvalue weighted by molar-refractivity contribution is 5.55. The Labute approximate surface area is 121 Å². The highest BCUT2D eigenvalue weighted by atomic mass is 16.5. The summed E-state index contributed by atoms with van der Waals surface area (Å²) in [6.07, 6.45) is 3.90. The topological polar surface area (TPSA) is 47.7 Å². The van der Waals surface area contributed by atoms with Gasteiger partial charge in [-0.25, -0.2) is 0 Å². The van der Waals surface area contributed by atoms with Crippen LogP contribution in [0.1, 0.15) is 33.1 Å². The molecule has 1 aliphatic heterocycles. The average Bonchev–Trinajstić information content (AvgIpc) is 2.40. The summed E-state index contributed by atoms with van der Waals surface area (Å²) in [4.78, 5) is 2.38. The third-order valence-corrected chi connectivity index (χ3v) is 3.71. The van der Waals surface area contributed by atoms with Gasteiger partial charge in [0.15, 0.2) is 0 Å². The van der Waals surface area contributed by atoms with E-state index in [1.807, 2.05) is 32.0 Å². The number of hydrogen-bond donors (Lipinski definition) is 1. The lowest BCUT2D eigenvalue weighted by Gasteiger charge is -2.32. The van der Waals surface area contributed by atoms with E-state index in [0.717, 1.165) is 18.9 Å². The van der Waals surface area contributed by atoms with Crippen molar-refractivity contribution < 1.29 is 9.47 Å². The number of likely N-dealkylation sites (N-methyl/N-ethyl adjacent to an activating group) is 1. The fraction of sp³-hybridized carbons (Fsp3) is 0.625. The Kier molecular flexibility index (Phi) is 5.12. The zero-order valence-electron chi connectivity index (χ0n) is 12.8. The zero-order valence-corrected chi connectivity index (χ0v) is 12.8. The van der Waals surface area contributed by atoms with E-state index < -0.39 is 0 Å². The van der Waals surface area contributed by atoms with Crippen LogP contribution in [0.5, 0.6) is 11.5 Å². The fourth-order valence-electron chi connectivity index (χ4n) is 2.51. The molecule has 1 unspecified atom stereocenters. The van der Waals surface area contributed by atoms with Crippen molar-refractivity contribution in [2.24, 2.45) is 0 Å². The highest BCUT2D eigenvalue weighted by Gasteiger charge is 2.19. The summed E-state index contributed by atoms with van der Waals surface area (Å²) in [6.45, 7) is 5.87. The SMILES string of the molecule is CC(C)Oc1cc(OCC2CCCCN2C)ccc1N. The quantitative estimate of drug-likeness (QED) is 0.841. The molecule has 1 aromatic carbocycles. The second kappa shape index (κ2) is 6.84. The van der Waals surface area contributed by atoms with Gasteiger partial charge in [-0.3, -0.25) is 0 Å². The van der Waals surface area contributed by atoms with Gasteiger partial charge in [-0.1, -0.05) is 6.42 Å². The maximum atomic E-state index is 5.92. The monoisotopic (exact) mass is 278 g/mol. The molecule has 0 bridgehead atoms. The van der Waals surface area contributed by atoms with Crippen LogP contribution in [0, 0.1) is 0 Å². The summed E-state index contributed by atoms with van der Waals surface area (Å²) in [5.74, 6) is 1.53. The van der Waals surface area contributed by atoms with E-state index in [9.17, 15) is 0 Å². The van der Waals surface area contributed by atoms with Gasteiger partial charge in [-0.15, -0.1) is 0 Å². The number of piperidine rings is 1. The fourth-order valence-corrected chi connectivity index (χ4v) is 2.51. The summed E-state index contributed by atoms with van der Waals surface area (Å²) in [5, 5.41) is 0. The Morgan fingerprint density at radius 1 is 1.35 bits per heavy atom. The third kappa shape index (κ3) is 4.04. The van der Waals surface area contributed by atoms with Crippen molar-refractivity contribution in [3.8, 4) is 11.5 Å². The summed E-state index contributed by atoms with van der Waals surface area (Å²) < 4.78 is 11.6. The van der Waals surface area contributed by atoms with Crippen LogP contribution >= 0.6 is 0 Å². The maximum absolute atomic E-state index is 5.92. The summed E-state index contributed by atoms with van der Waals surface area (Å²) in [6, 6.07) is 6.15. The normalized spacial score (nSPS) is 20.1. The number of hydrogen-bond acceptors (Lipinski definition) is 4. The first kappa shape index (κ1) is 15.0. The molecule has 1 fully saturated rings. The smallest absolute Gasteiger partial charge is 0.146 e. The van der Waals surface area contributed by atoms with Gasteiger partial charge in [-0.2, -0.15) is 0 Å². The Morgan fingerprint density at radius 3 is 2.85 bits per heavy atom. The maximum Gasteiger partial charge on any atom is 0.146 e. The van der Waals surface area contributed by atoms with E-state index in [-0.39, 0.29) is 6.10 Å². The highest BCUT2D eigenvalue weighted by Crippen LogP contribution is 2.28. The summed E-state index contributed by atoms with van der Waals surface area (Å²) >= 11 is 0. The predicted molar refractivity (Wildman–Crippen MR) is 82.4 cm³/mol. The van der Waals surface area contributed by atoms with Gasteiger partial charge in [0.05, 0.1) is 11.8 Å². The molecule has 112 valence electrons. The molecule has 0 radical (unpaired) electrons. The number of ether oxygens (including phenoxy) is 2. The number of likely N-dealkylation sites (tertiary alicyclic amines) is 1. The number of nitrogens with two attached hydrogens (primary N) is 1. The van der Waals surface area contributed by atoms with Crippen LogP contribution < -0.4 is 15.2 Å². The standard InChI is InChI=1S/C16H26N2O2/c1-12(2)20-16-10-14(7-8-15(16)17)19-11-13-6-4-5-9-18(13)3/h7-8,10,12-13H,4-6,9,11,17H2,1-3H3. The van der Waals surface area contributed by atoms with Crippen molar-refractivity contribution in [1.29, 1.82) is 0 Å². The molecular weight excluding hydrogens is 252 g/mol. The molecule has 1 heterocycles. The zero-order chi connectivity index (χ0) is 14.5. The molecule has 4 nitrogen and oxygen atoms in total. The van der Waals surface area contributed by atoms with Gasteiger partial charge >= 0.3 is 0 Å². The van der Waals surface area contributed by atoms with E-state index in [1.165, 1.54) is 19.3 Å². The van der Waals surface area contributed by atoms with Gasteiger partial charge in [0.1, 0.15) is 18.1 Å². The molecule has 0 amide bonds. The van der Waals surface area contributed by atoms with Crippen LogP contribution in [-0.4, -0.2) is 37.2 Å². The first-order valence-corrected chi connectivity index (χ1v) is 7.45. The summed E-state index contributed by atoms with van der Waals surface area (Å²) in [7, 11) is 2.17. The molecule has 0 aliphatic carbocycles. The van der Waals surface area contributed by atoms with E-state index >= 15 is 0 Å². The van der Waals surface area contributed by atoms with Gasteiger partial charge in [-0.05, 0) is 52.4 Å². The molecule has 0 saturated carbocycles. The molecule has 2 N–H and O–H groups in total. The molecule has 20 heavy (non-hydrogen) atoms. The Hall–Kier alpha value is -1.42. The largest absolute Gasteiger partial charge is 0.492 e. The third-order valence-electron chi connectivity index (χ3n) is 3.71. The average molecular weight is 278 g/mol. The predicted octanol–water partition coefficient (Wildman–Crippen LogP) is 2.92. The number of nitrogens with zero attached hydrogens (tertiary/aromatic N) is 1. The Bertz CT molecular complexity index is 434. The minimum Gasteiger partial charge on any atom is -0.492 e. The molecule has 0 spiro atoms. The molecule has 4 heteroatoms. The molecule has 2 rings (SSSR count). The van der Waals surface area contributed by atoms with Gasteiger partial charge in [0, 0.05) is 12.1 Å². The lowest BCUT2D eigenvalue weighted by atomic mass is 10.0. The lowest BCUT2D eigenvalue weighted by Crippen LogP contribution is -2.40. The van der Waals surface area contributed by atoms with Crippen molar-refractivity contribution >= 4 is 5.69 Å². The van der Waals surface area contributed by atoms with Crippen LogP contribution in [0.4, 0.5) is 5.69 Å². The van der Waals surface area contributed by atoms with Crippen LogP contribution in [0.3, 0.4) is 0 Å². The van der Waals surface area contributed by atoms with Crippen LogP contribution in [0.2, 0.25) is 0 Å². The number of benzene rings is 1. The van der Waals surface area contributed by atoms with Gasteiger partial charge in [0.2, 0.25) is 0 Å². The summed E-state index contributed by atoms with van der Waals surface area (Å²) in [5.41, 5.74) is 6.56. The Morgan fingerprint density at radius 2 is 2.15 bits per heavy atom. The van der Waals surface area contributed by atoms with E-state index in [2.05, 4.69) is 11.9 Å². The van der Waals surface area contributed by atoms with Crippen molar-refractivity contribution in [3.05, 3.63) is 18.2 Å². The van der Waals surface area contributed by atoms with Gasteiger partial charge < -0.3 is 20.1 Å². The second-order valence-electron chi connectivity index (χ2n) is 5.81. The van der Waals surface area contributed by atoms with E-state index in [4.69, 9.17) is 15.2 Å². The van der Waals surface area contributed by atoms with Crippen LogP contribution in [-0.2, 0) is 0 Å². The second-order valence-corrected chi connectivity index (χ2v) is 5.81. The first-order chi connectivity index (χ1) is 9.56. The molecule has 1 aromatic rings. The molecule has 1 atom stereocenters. The Balaban J connectivity index is 1.95. The van der Waals surface area contributed by atoms with E-state index in [1.54, 1.807) is 0 Å².